The number of hydrogen-bond donors (Lipinski definition) is 0. The van der Waals surface area contributed by atoms with Gasteiger partial charge in [0.2, 0.25) is 0 Å². The van der Waals surface area contributed by atoms with Gasteiger partial charge in [-0.1, -0.05) is 33.8 Å². The third-order valence-corrected chi connectivity index (χ3v) is 9.42. The topological polar surface area (TPSA) is 60.4 Å². The Hall–Kier alpha value is -1.49. The highest BCUT2D eigenvalue weighted by molar-refractivity contribution is 6.29. The van der Waals surface area contributed by atoms with E-state index in [1.54, 1.807) is 13.0 Å². The third kappa shape index (κ3) is 2.94. The van der Waals surface area contributed by atoms with Gasteiger partial charge in [-0.15, -0.1) is 11.6 Å². The summed E-state index contributed by atoms with van der Waals surface area (Å²) >= 11 is 6.04. The lowest BCUT2D eigenvalue weighted by atomic mass is 9.46. The molecular formula is C25H32ClFO4. The van der Waals surface area contributed by atoms with Crippen LogP contribution in [0.25, 0.3) is 0 Å². The molecule has 0 bridgehead atoms. The number of hydrogen-bond acceptors (Lipinski definition) is 4. The van der Waals surface area contributed by atoms with Crippen LogP contribution in [0.15, 0.2) is 23.8 Å². The third-order valence-electron chi connectivity index (χ3n) is 9.18. The number of carbonyl (C=O) groups excluding carboxylic acids is 3. The molecule has 4 nitrogen and oxygen atoms in total. The average molecular weight is 451 g/mol. The van der Waals surface area contributed by atoms with Crippen LogP contribution in [0.3, 0.4) is 0 Å². The first-order chi connectivity index (χ1) is 14.5. The highest BCUT2D eigenvalue weighted by Gasteiger charge is 2.71. The van der Waals surface area contributed by atoms with Crippen molar-refractivity contribution in [1.29, 1.82) is 0 Å². The van der Waals surface area contributed by atoms with Crippen LogP contribution < -0.4 is 0 Å². The van der Waals surface area contributed by atoms with E-state index in [0.717, 1.165) is 6.42 Å². The summed E-state index contributed by atoms with van der Waals surface area (Å²) in [6.07, 6.45) is 6.46. The van der Waals surface area contributed by atoms with Gasteiger partial charge in [0.25, 0.3) is 0 Å². The Morgan fingerprint density at radius 3 is 2.61 bits per heavy atom. The lowest BCUT2D eigenvalue weighted by Crippen LogP contribution is -2.61. The van der Waals surface area contributed by atoms with Gasteiger partial charge in [-0.2, -0.15) is 0 Å². The van der Waals surface area contributed by atoms with Crippen molar-refractivity contribution in [2.45, 2.75) is 71.6 Å². The monoisotopic (exact) mass is 450 g/mol. The van der Waals surface area contributed by atoms with Crippen LogP contribution >= 0.6 is 11.6 Å². The van der Waals surface area contributed by atoms with Crippen molar-refractivity contribution < 1.29 is 23.5 Å². The molecule has 3 fully saturated rings. The van der Waals surface area contributed by atoms with Gasteiger partial charge in [0.05, 0.1) is 5.88 Å². The molecule has 6 heteroatoms. The number of allylic oxidation sites excluding steroid dienone is 4. The Labute approximate surface area is 188 Å². The van der Waals surface area contributed by atoms with Crippen molar-refractivity contribution in [3.8, 4) is 0 Å². The van der Waals surface area contributed by atoms with E-state index < -0.39 is 28.6 Å². The summed E-state index contributed by atoms with van der Waals surface area (Å²) < 4.78 is 21.4. The Kier molecular flexibility index (Phi) is 5.52. The number of halogens is 2. The van der Waals surface area contributed by atoms with Crippen molar-refractivity contribution >= 4 is 29.1 Å². The summed E-state index contributed by atoms with van der Waals surface area (Å²) in [4.78, 5) is 37.6. The molecule has 4 aliphatic rings. The second kappa shape index (κ2) is 7.54. The first-order valence-electron chi connectivity index (χ1n) is 11.5. The van der Waals surface area contributed by atoms with Gasteiger partial charge in [-0.3, -0.25) is 14.4 Å². The molecule has 0 aromatic carbocycles. The Bertz CT molecular complexity index is 881. The highest BCUT2D eigenvalue weighted by Crippen LogP contribution is 2.69. The normalized spacial score (nSPS) is 45.9. The highest BCUT2D eigenvalue weighted by atomic mass is 35.5. The first-order valence-corrected chi connectivity index (χ1v) is 12.0. The van der Waals surface area contributed by atoms with E-state index in [9.17, 15) is 14.4 Å². The van der Waals surface area contributed by atoms with Crippen LogP contribution in [0.5, 0.6) is 0 Å². The summed E-state index contributed by atoms with van der Waals surface area (Å²) in [6.45, 7) is 7.78. The predicted octanol–water partition coefficient (Wildman–Crippen LogP) is 4.99. The molecular weight excluding hydrogens is 419 g/mol. The molecule has 0 N–H and O–H groups in total. The van der Waals surface area contributed by atoms with E-state index in [1.807, 2.05) is 26.8 Å². The Morgan fingerprint density at radius 2 is 1.97 bits per heavy atom. The maximum Gasteiger partial charge on any atom is 0.306 e. The second-order valence-corrected chi connectivity index (χ2v) is 10.7. The first kappa shape index (κ1) is 22.7. The molecule has 0 aliphatic heterocycles. The smallest absolute Gasteiger partial charge is 0.306 e. The van der Waals surface area contributed by atoms with Gasteiger partial charge < -0.3 is 4.74 Å². The average Bonchev–Trinajstić information content (AvgIpc) is 2.96. The van der Waals surface area contributed by atoms with Crippen LogP contribution in [0, 0.1) is 34.5 Å². The Balaban J connectivity index is 1.78. The molecule has 31 heavy (non-hydrogen) atoms. The van der Waals surface area contributed by atoms with Crippen LogP contribution in [-0.2, 0) is 19.1 Å². The molecule has 0 aromatic rings. The van der Waals surface area contributed by atoms with Crippen LogP contribution in [0.4, 0.5) is 4.39 Å². The molecule has 4 aliphatic carbocycles. The maximum atomic E-state index is 15.4. The van der Waals surface area contributed by atoms with Crippen LogP contribution in [0.1, 0.15) is 59.8 Å². The molecule has 0 saturated heterocycles. The van der Waals surface area contributed by atoms with Gasteiger partial charge >= 0.3 is 5.97 Å². The van der Waals surface area contributed by atoms with Crippen LogP contribution in [-0.4, -0.2) is 35.2 Å². The van der Waals surface area contributed by atoms with Crippen molar-refractivity contribution in [2.24, 2.45) is 34.5 Å². The van der Waals surface area contributed by atoms with Crippen molar-refractivity contribution in [3.63, 3.8) is 0 Å². The number of alkyl halides is 2. The van der Waals surface area contributed by atoms with E-state index in [4.69, 9.17) is 16.3 Å². The van der Waals surface area contributed by atoms with Gasteiger partial charge in [-0.25, -0.2) is 4.39 Å². The summed E-state index contributed by atoms with van der Waals surface area (Å²) in [7, 11) is 0. The molecule has 0 radical (unpaired) electrons. The predicted molar refractivity (Wildman–Crippen MR) is 116 cm³/mol. The minimum absolute atomic E-state index is 0.0423. The summed E-state index contributed by atoms with van der Waals surface area (Å²) in [5.41, 5.74) is -1.76. The van der Waals surface area contributed by atoms with Crippen molar-refractivity contribution in [3.05, 3.63) is 23.8 Å². The zero-order chi connectivity index (χ0) is 22.8. The number of esters is 1. The number of rotatable bonds is 4. The van der Waals surface area contributed by atoms with E-state index in [0.29, 0.717) is 24.8 Å². The number of carbonyl (C=O) groups is 3. The van der Waals surface area contributed by atoms with E-state index >= 15 is 4.39 Å². The van der Waals surface area contributed by atoms with Gasteiger partial charge in [-0.05, 0) is 61.2 Å². The quantitative estimate of drug-likeness (QED) is 0.447. The zero-order valence-corrected chi connectivity index (χ0v) is 19.5. The fourth-order valence-corrected chi connectivity index (χ4v) is 7.94. The number of ether oxygens (including phenoxy) is 1. The Morgan fingerprint density at radius 1 is 1.26 bits per heavy atom. The van der Waals surface area contributed by atoms with Crippen LogP contribution in [0.2, 0.25) is 0 Å². The molecule has 0 amide bonds. The van der Waals surface area contributed by atoms with E-state index in [1.165, 1.54) is 6.08 Å². The molecule has 8 atom stereocenters. The standard InChI is InChI=1S/C25H32ClFO4/c1-5-22(30)31-25(21(29)13-26)14(2)10-18-16-12-20(27)19-11-15(28)6-8-23(19,3)17(16)7-9-24(18,25)4/h6,8,11,14,16-18,20H,5,7,9-10,12-13H2,1-4H3/t14?,16-,17+,18+,20?,23-,24+,25+/m1/s1. The van der Waals surface area contributed by atoms with Gasteiger partial charge in [0, 0.05) is 23.2 Å². The number of Topliss-reactive ketones (excluding diaryl/α,β-unsaturated/α-hetero) is 1. The van der Waals surface area contributed by atoms with Crippen molar-refractivity contribution in [2.75, 3.05) is 5.88 Å². The minimum atomic E-state index is -1.27. The summed E-state index contributed by atoms with van der Waals surface area (Å²) in [6, 6.07) is 0. The molecule has 3 saturated carbocycles. The number of ketones is 2. The SMILES string of the molecule is CCC(=O)O[C@]1(C(=O)CCl)C(C)C[C@H]2[C@@H]3CC(F)C4=CC(=O)C=C[C@]4(C)[C@H]3CC[C@@]21C. The second-order valence-electron chi connectivity index (χ2n) is 10.4. The maximum absolute atomic E-state index is 15.4. The molecule has 0 aromatic heterocycles. The molecule has 0 heterocycles. The van der Waals surface area contributed by atoms with E-state index in [-0.39, 0.29) is 47.5 Å². The zero-order valence-electron chi connectivity index (χ0n) is 18.8. The fourth-order valence-electron chi connectivity index (χ4n) is 7.74. The van der Waals surface area contributed by atoms with Crippen molar-refractivity contribution in [1.82, 2.24) is 0 Å². The molecule has 4 rings (SSSR count). The minimum Gasteiger partial charge on any atom is -0.450 e. The van der Waals surface area contributed by atoms with E-state index in [2.05, 4.69) is 0 Å². The summed E-state index contributed by atoms with van der Waals surface area (Å²) in [5, 5.41) is 0. The lowest BCUT2D eigenvalue weighted by molar-refractivity contribution is -0.194. The van der Waals surface area contributed by atoms with Gasteiger partial charge in [0.1, 0.15) is 6.17 Å². The lowest BCUT2D eigenvalue weighted by Gasteiger charge is -2.58. The summed E-state index contributed by atoms with van der Waals surface area (Å²) in [5.74, 6) is -0.914. The fraction of sp³-hybridized carbons (Fsp3) is 0.720. The molecule has 170 valence electrons. The van der Waals surface area contributed by atoms with Gasteiger partial charge in [0.15, 0.2) is 17.2 Å². The number of fused-ring (bicyclic) bond motifs is 5. The largest absolute Gasteiger partial charge is 0.450 e. The molecule has 0 spiro atoms. The molecule has 2 unspecified atom stereocenters.